The molecule has 1 saturated heterocycles. The van der Waals surface area contributed by atoms with Gasteiger partial charge in [0.1, 0.15) is 5.82 Å². The van der Waals surface area contributed by atoms with Gasteiger partial charge in [-0.1, -0.05) is 18.2 Å². The van der Waals surface area contributed by atoms with Gasteiger partial charge in [0.05, 0.1) is 17.3 Å². The van der Waals surface area contributed by atoms with E-state index in [2.05, 4.69) is 15.2 Å². The minimum absolute atomic E-state index is 0.214. The van der Waals surface area contributed by atoms with Crippen molar-refractivity contribution in [3.8, 4) is 0 Å². The van der Waals surface area contributed by atoms with Gasteiger partial charge in [-0.25, -0.2) is 4.98 Å². The third kappa shape index (κ3) is 4.57. The number of aromatic nitrogens is 1. The molecule has 27 heavy (non-hydrogen) atoms. The number of benzene rings is 1. The summed E-state index contributed by atoms with van der Waals surface area (Å²) in [6, 6.07) is 10.2. The second kappa shape index (κ2) is 7.96. The highest BCUT2D eigenvalue weighted by atomic mass is 19.4. The largest absolute Gasteiger partial charge is 0.418 e. The van der Waals surface area contributed by atoms with Gasteiger partial charge in [-0.05, 0) is 31.2 Å². The van der Waals surface area contributed by atoms with E-state index >= 15 is 0 Å². The lowest BCUT2D eigenvalue weighted by Crippen LogP contribution is -2.53. The SMILES string of the molecule is C[C@H](C(=O)Nc1ccccc1C(F)(F)F)N1CCN(c2ccccn2)CC1. The lowest BCUT2D eigenvalue weighted by molar-refractivity contribution is -0.137. The summed E-state index contributed by atoms with van der Waals surface area (Å²) in [4.78, 5) is 20.9. The molecule has 0 unspecified atom stereocenters. The van der Waals surface area contributed by atoms with E-state index in [-0.39, 0.29) is 5.69 Å². The van der Waals surface area contributed by atoms with E-state index in [0.29, 0.717) is 26.2 Å². The van der Waals surface area contributed by atoms with Crippen LogP contribution in [0.4, 0.5) is 24.7 Å². The molecule has 2 aromatic rings. The standard InChI is InChI=1S/C19H21F3N4O/c1-14(18(27)24-16-7-3-2-6-15(16)19(20,21)22)25-10-12-26(13-11-25)17-8-4-5-9-23-17/h2-9,14H,10-13H2,1H3,(H,24,27)/t14-/m1/s1. The summed E-state index contributed by atoms with van der Waals surface area (Å²) in [5, 5.41) is 2.43. The Kier molecular flexibility index (Phi) is 5.65. The summed E-state index contributed by atoms with van der Waals surface area (Å²) in [5.41, 5.74) is -1.06. The van der Waals surface area contributed by atoms with Crippen molar-refractivity contribution in [2.75, 3.05) is 36.4 Å². The highest BCUT2D eigenvalue weighted by Gasteiger charge is 2.34. The molecule has 0 spiro atoms. The van der Waals surface area contributed by atoms with Crippen LogP contribution in [-0.4, -0.2) is 48.0 Å². The van der Waals surface area contributed by atoms with E-state index in [9.17, 15) is 18.0 Å². The van der Waals surface area contributed by atoms with E-state index in [1.54, 1.807) is 13.1 Å². The fourth-order valence-electron chi connectivity index (χ4n) is 3.12. The van der Waals surface area contributed by atoms with E-state index < -0.39 is 23.7 Å². The van der Waals surface area contributed by atoms with Crippen LogP contribution in [0.5, 0.6) is 0 Å². The molecule has 1 amide bonds. The van der Waals surface area contributed by atoms with Gasteiger partial charge < -0.3 is 10.2 Å². The van der Waals surface area contributed by atoms with E-state index in [4.69, 9.17) is 0 Å². The Morgan fingerprint density at radius 2 is 1.74 bits per heavy atom. The summed E-state index contributed by atoms with van der Waals surface area (Å²) in [7, 11) is 0. The normalized spacial score (nSPS) is 16.8. The molecule has 5 nitrogen and oxygen atoms in total. The Balaban J connectivity index is 1.61. The summed E-state index contributed by atoms with van der Waals surface area (Å²) in [6.45, 7) is 4.38. The third-order valence-electron chi connectivity index (χ3n) is 4.71. The van der Waals surface area contributed by atoms with Crippen molar-refractivity contribution in [1.29, 1.82) is 0 Å². The molecule has 0 saturated carbocycles. The van der Waals surface area contributed by atoms with Crippen LogP contribution in [0.2, 0.25) is 0 Å². The van der Waals surface area contributed by atoms with Crippen molar-refractivity contribution in [1.82, 2.24) is 9.88 Å². The van der Waals surface area contributed by atoms with Gasteiger partial charge in [0.25, 0.3) is 0 Å². The number of pyridine rings is 1. The van der Waals surface area contributed by atoms with Gasteiger partial charge in [-0.15, -0.1) is 0 Å². The number of carbonyl (C=O) groups is 1. The second-order valence-electron chi connectivity index (χ2n) is 6.42. The number of amides is 1. The van der Waals surface area contributed by atoms with Crippen LogP contribution in [0, 0.1) is 0 Å². The van der Waals surface area contributed by atoms with Gasteiger partial charge in [0.15, 0.2) is 0 Å². The Labute approximate surface area is 155 Å². The average Bonchev–Trinajstić information content (AvgIpc) is 2.68. The summed E-state index contributed by atoms with van der Waals surface area (Å²) >= 11 is 0. The third-order valence-corrected chi connectivity index (χ3v) is 4.71. The van der Waals surface area contributed by atoms with Gasteiger partial charge in [0.2, 0.25) is 5.91 Å². The molecule has 1 aromatic heterocycles. The first kappa shape index (κ1) is 19.2. The lowest BCUT2D eigenvalue weighted by atomic mass is 10.1. The molecule has 1 atom stereocenters. The fraction of sp³-hybridized carbons (Fsp3) is 0.368. The van der Waals surface area contributed by atoms with Crippen molar-refractivity contribution in [2.45, 2.75) is 19.1 Å². The minimum Gasteiger partial charge on any atom is -0.354 e. The van der Waals surface area contributed by atoms with Crippen molar-refractivity contribution >= 4 is 17.4 Å². The van der Waals surface area contributed by atoms with Gasteiger partial charge >= 0.3 is 6.18 Å². The quantitative estimate of drug-likeness (QED) is 0.887. The first-order chi connectivity index (χ1) is 12.9. The van der Waals surface area contributed by atoms with Crippen LogP contribution in [0.15, 0.2) is 48.7 Å². The highest BCUT2D eigenvalue weighted by molar-refractivity contribution is 5.95. The zero-order valence-electron chi connectivity index (χ0n) is 14.9. The van der Waals surface area contributed by atoms with Crippen molar-refractivity contribution in [3.63, 3.8) is 0 Å². The van der Waals surface area contributed by atoms with Gasteiger partial charge in [-0.2, -0.15) is 13.2 Å². The number of piperazine rings is 1. The van der Waals surface area contributed by atoms with Crippen molar-refractivity contribution in [2.24, 2.45) is 0 Å². The number of nitrogens with one attached hydrogen (secondary N) is 1. The van der Waals surface area contributed by atoms with Gasteiger partial charge in [-0.3, -0.25) is 9.69 Å². The second-order valence-corrected chi connectivity index (χ2v) is 6.42. The van der Waals surface area contributed by atoms with E-state index in [1.165, 1.54) is 18.2 Å². The number of carbonyl (C=O) groups excluding carboxylic acids is 1. The Morgan fingerprint density at radius 1 is 1.07 bits per heavy atom. The zero-order valence-corrected chi connectivity index (χ0v) is 14.9. The van der Waals surface area contributed by atoms with Crippen LogP contribution in [0.1, 0.15) is 12.5 Å². The van der Waals surface area contributed by atoms with Crippen LogP contribution < -0.4 is 10.2 Å². The van der Waals surface area contributed by atoms with Crippen LogP contribution >= 0.6 is 0 Å². The number of halogens is 3. The number of hydrogen-bond acceptors (Lipinski definition) is 4. The van der Waals surface area contributed by atoms with Crippen LogP contribution in [-0.2, 0) is 11.0 Å². The molecule has 1 N–H and O–H groups in total. The molecule has 1 aromatic carbocycles. The number of para-hydroxylation sites is 1. The van der Waals surface area contributed by atoms with Crippen molar-refractivity contribution < 1.29 is 18.0 Å². The van der Waals surface area contributed by atoms with E-state index in [0.717, 1.165) is 11.9 Å². The Morgan fingerprint density at radius 3 is 2.37 bits per heavy atom. The number of alkyl halides is 3. The number of hydrogen-bond donors (Lipinski definition) is 1. The zero-order chi connectivity index (χ0) is 19.4. The minimum atomic E-state index is -4.51. The maximum Gasteiger partial charge on any atom is 0.418 e. The topological polar surface area (TPSA) is 48.5 Å². The fourth-order valence-corrected chi connectivity index (χ4v) is 3.12. The maximum absolute atomic E-state index is 13.1. The predicted molar refractivity (Wildman–Crippen MR) is 97.6 cm³/mol. The summed E-state index contributed by atoms with van der Waals surface area (Å²) < 4.78 is 39.3. The molecule has 0 radical (unpaired) electrons. The first-order valence-corrected chi connectivity index (χ1v) is 8.73. The molecule has 3 rings (SSSR count). The number of nitrogens with zero attached hydrogens (tertiary/aromatic N) is 3. The molecule has 144 valence electrons. The molecule has 2 heterocycles. The number of anilines is 2. The Hall–Kier alpha value is -2.61. The Bertz CT molecular complexity index is 774. The summed E-state index contributed by atoms with van der Waals surface area (Å²) in [5.74, 6) is 0.436. The molecular formula is C19H21F3N4O. The molecule has 0 aliphatic carbocycles. The van der Waals surface area contributed by atoms with Crippen molar-refractivity contribution in [3.05, 3.63) is 54.2 Å². The molecular weight excluding hydrogens is 357 g/mol. The monoisotopic (exact) mass is 378 g/mol. The average molecular weight is 378 g/mol. The predicted octanol–water partition coefficient (Wildman–Crippen LogP) is 3.25. The lowest BCUT2D eigenvalue weighted by Gasteiger charge is -2.38. The molecule has 8 heteroatoms. The summed E-state index contributed by atoms with van der Waals surface area (Å²) in [6.07, 6.45) is -2.78. The molecule has 1 fully saturated rings. The molecule has 0 bridgehead atoms. The van der Waals surface area contributed by atoms with E-state index in [1.807, 2.05) is 23.1 Å². The molecule has 1 aliphatic heterocycles. The molecule has 1 aliphatic rings. The van der Waals surface area contributed by atoms with Gasteiger partial charge in [0, 0.05) is 32.4 Å². The highest BCUT2D eigenvalue weighted by Crippen LogP contribution is 2.34. The maximum atomic E-state index is 13.1. The number of rotatable bonds is 4. The first-order valence-electron chi connectivity index (χ1n) is 8.73. The van der Waals surface area contributed by atoms with Crippen LogP contribution in [0.3, 0.4) is 0 Å². The van der Waals surface area contributed by atoms with Crippen LogP contribution in [0.25, 0.3) is 0 Å². The smallest absolute Gasteiger partial charge is 0.354 e.